The molecule has 0 bridgehead atoms. The Morgan fingerprint density at radius 2 is 0.775 bits per heavy atom. The Balaban J connectivity index is 5.15. The molecule has 0 unspecified atom stereocenters. The smallest absolute Gasteiger partial charge is 0.0110 e. The maximum absolute atomic E-state index is 5.81. The van der Waals surface area contributed by atoms with Crippen LogP contribution in [0.5, 0.6) is 0 Å². The zero-order valence-electron chi connectivity index (χ0n) is 27.4. The molecule has 0 aromatic carbocycles. The molecule has 0 saturated heterocycles. The maximum Gasteiger partial charge on any atom is 0.0110 e. The third-order valence-corrected chi connectivity index (χ3v) is 7.33. The molecule has 242 valence electrons. The van der Waals surface area contributed by atoms with Crippen LogP contribution in [0.2, 0.25) is 0 Å². The van der Waals surface area contributed by atoms with E-state index < -0.39 is 0 Å². The largest absolute Gasteiger partial charge is 0.329 e. The lowest BCUT2D eigenvalue weighted by molar-refractivity contribution is 0.150. The minimum absolute atomic E-state index is 0.690. The van der Waals surface area contributed by atoms with Crippen molar-refractivity contribution in [2.24, 2.45) is 11.5 Å². The first-order valence-corrected chi connectivity index (χ1v) is 15.7. The summed E-state index contributed by atoms with van der Waals surface area (Å²) in [5.41, 5.74) is 11.5. The predicted octanol–water partition coefficient (Wildman–Crippen LogP) is -3.15. The van der Waals surface area contributed by atoms with Gasteiger partial charge >= 0.3 is 0 Å². The molecule has 0 saturated carbocycles. The third-order valence-electron chi connectivity index (χ3n) is 7.33. The highest BCUT2D eigenvalue weighted by atomic mass is 15.3. The molecule has 0 radical (unpaired) electrons. The minimum atomic E-state index is 0.690. The van der Waals surface area contributed by atoms with E-state index in [1.807, 2.05) is 21.1 Å². The van der Waals surface area contributed by atoms with Gasteiger partial charge in [0, 0.05) is 144 Å². The second-order valence-corrected chi connectivity index (χ2v) is 11.1. The van der Waals surface area contributed by atoms with Gasteiger partial charge in [-0.1, -0.05) is 0 Å². The molecular weight excluding hydrogens is 504 g/mol. The molecule has 12 heteroatoms. The van der Waals surface area contributed by atoms with E-state index >= 15 is 0 Å². The number of nitrogens with two attached hydrogens (primary N) is 2. The number of nitrogens with one attached hydrogen (secondary N) is 4. The molecule has 0 aliphatic heterocycles. The van der Waals surface area contributed by atoms with Crippen LogP contribution in [0.1, 0.15) is 0 Å². The Morgan fingerprint density at radius 1 is 0.400 bits per heavy atom. The monoisotopic (exact) mass is 575 g/mol. The molecule has 0 amide bonds. The Morgan fingerprint density at radius 3 is 1.18 bits per heavy atom. The van der Waals surface area contributed by atoms with Gasteiger partial charge in [-0.15, -0.1) is 0 Å². The van der Waals surface area contributed by atoms with Crippen LogP contribution in [-0.2, 0) is 0 Å². The van der Waals surface area contributed by atoms with Crippen molar-refractivity contribution in [3.63, 3.8) is 0 Å². The molecular formula is C28H70N12. The molecule has 0 aromatic rings. The van der Waals surface area contributed by atoms with Crippen molar-refractivity contribution in [2.45, 2.75) is 0 Å². The fourth-order valence-electron chi connectivity index (χ4n) is 4.45. The summed E-state index contributed by atoms with van der Waals surface area (Å²) in [6.45, 7) is 22.4. The van der Waals surface area contributed by atoms with Gasteiger partial charge in [0.15, 0.2) is 0 Å². The molecule has 40 heavy (non-hydrogen) atoms. The highest BCUT2D eigenvalue weighted by Crippen LogP contribution is 1.99. The van der Waals surface area contributed by atoms with E-state index in [9.17, 15) is 0 Å². The van der Waals surface area contributed by atoms with E-state index in [2.05, 4.69) is 71.8 Å². The maximum atomic E-state index is 5.81. The molecule has 0 aliphatic rings. The summed E-state index contributed by atoms with van der Waals surface area (Å²) in [6.07, 6.45) is 0. The van der Waals surface area contributed by atoms with E-state index in [4.69, 9.17) is 11.5 Å². The zero-order valence-corrected chi connectivity index (χ0v) is 27.4. The minimum Gasteiger partial charge on any atom is -0.329 e. The average molecular weight is 575 g/mol. The van der Waals surface area contributed by atoms with Gasteiger partial charge in [-0.05, 0) is 42.3 Å². The van der Waals surface area contributed by atoms with Gasteiger partial charge in [0.25, 0.3) is 0 Å². The van der Waals surface area contributed by atoms with Crippen molar-refractivity contribution in [1.82, 2.24) is 50.7 Å². The summed E-state index contributed by atoms with van der Waals surface area (Å²) >= 11 is 0. The van der Waals surface area contributed by atoms with Gasteiger partial charge in [0.2, 0.25) is 0 Å². The number of nitrogens with zero attached hydrogens (tertiary/aromatic N) is 6. The van der Waals surface area contributed by atoms with Crippen LogP contribution in [0.4, 0.5) is 0 Å². The molecule has 12 nitrogen and oxygen atoms in total. The quantitative estimate of drug-likeness (QED) is 0.0470. The molecule has 0 rings (SSSR count). The summed E-state index contributed by atoms with van der Waals surface area (Å²) in [5, 5.41) is 13.4. The topological polar surface area (TPSA) is 120 Å². The van der Waals surface area contributed by atoms with Gasteiger partial charge in [0.1, 0.15) is 0 Å². The molecule has 8 N–H and O–H groups in total. The van der Waals surface area contributed by atoms with Crippen LogP contribution in [0.15, 0.2) is 0 Å². The normalized spacial score (nSPS) is 12.4. The Labute approximate surface area is 248 Å². The number of hydrogen-bond donors (Lipinski definition) is 6. The number of hydrogen-bond acceptors (Lipinski definition) is 12. The molecule has 0 fully saturated rings. The van der Waals surface area contributed by atoms with Crippen LogP contribution in [0, 0.1) is 0 Å². The second-order valence-electron chi connectivity index (χ2n) is 11.1. The Bertz CT molecular complexity index is 514. The summed E-state index contributed by atoms with van der Waals surface area (Å²) in [7, 11) is 12.6. The first-order valence-electron chi connectivity index (χ1n) is 15.7. The van der Waals surface area contributed by atoms with E-state index in [-0.39, 0.29) is 0 Å². The van der Waals surface area contributed by atoms with E-state index in [1.165, 1.54) is 0 Å². The highest BCUT2D eigenvalue weighted by Gasteiger charge is 2.14. The molecule has 0 aliphatic carbocycles. The van der Waals surface area contributed by atoms with Gasteiger partial charge in [-0.3, -0.25) is 19.6 Å². The lowest BCUT2D eigenvalue weighted by Crippen LogP contribution is -2.47. The van der Waals surface area contributed by atoms with Crippen LogP contribution >= 0.6 is 0 Å². The van der Waals surface area contributed by atoms with Crippen molar-refractivity contribution >= 4 is 0 Å². The zero-order chi connectivity index (χ0) is 29.8. The van der Waals surface area contributed by atoms with Crippen molar-refractivity contribution in [3.05, 3.63) is 0 Å². The summed E-state index contributed by atoms with van der Waals surface area (Å²) < 4.78 is 0. The van der Waals surface area contributed by atoms with E-state index in [0.717, 1.165) is 131 Å². The standard InChI is InChI=1S/C28H70N12/c1-31-10-15-37(18-13-34-9-7-29)23-24-39(17-12-33-3)26-28-40(22-20-36(6)14-8-30)27-25-38(16-11-32-2)21-19-35(4)5/h31-34H,7-30H2,1-6H3. The average Bonchev–Trinajstić information content (AvgIpc) is 2.94. The molecule has 0 spiro atoms. The van der Waals surface area contributed by atoms with E-state index in [0.29, 0.717) is 13.1 Å². The van der Waals surface area contributed by atoms with Crippen LogP contribution < -0.4 is 32.7 Å². The van der Waals surface area contributed by atoms with Crippen molar-refractivity contribution < 1.29 is 0 Å². The van der Waals surface area contributed by atoms with Gasteiger partial charge in [-0.2, -0.15) is 0 Å². The molecule has 0 aromatic heterocycles. The first-order chi connectivity index (χ1) is 19.4. The fourth-order valence-corrected chi connectivity index (χ4v) is 4.45. The van der Waals surface area contributed by atoms with Crippen LogP contribution in [0.25, 0.3) is 0 Å². The van der Waals surface area contributed by atoms with Gasteiger partial charge in [-0.25, -0.2) is 0 Å². The van der Waals surface area contributed by atoms with Gasteiger partial charge in [0.05, 0.1) is 0 Å². The summed E-state index contributed by atoms with van der Waals surface area (Å²) in [5.74, 6) is 0. The number of likely N-dealkylation sites (N-methyl/N-ethyl adjacent to an activating group) is 5. The lowest BCUT2D eigenvalue weighted by Gasteiger charge is -2.32. The highest BCUT2D eigenvalue weighted by molar-refractivity contribution is 4.72. The predicted molar refractivity (Wildman–Crippen MR) is 175 cm³/mol. The van der Waals surface area contributed by atoms with Crippen LogP contribution in [-0.4, -0.2) is 216 Å². The lowest BCUT2D eigenvalue weighted by atomic mass is 10.3. The summed E-state index contributed by atoms with van der Waals surface area (Å²) in [6, 6.07) is 0. The van der Waals surface area contributed by atoms with Crippen molar-refractivity contribution in [2.75, 3.05) is 186 Å². The third kappa shape index (κ3) is 24.2. The fraction of sp³-hybridized carbons (Fsp3) is 1.00. The molecule has 0 heterocycles. The van der Waals surface area contributed by atoms with Crippen LogP contribution in [0.3, 0.4) is 0 Å². The van der Waals surface area contributed by atoms with Gasteiger partial charge < -0.3 is 42.5 Å². The number of rotatable bonds is 31. The Kier molecular flexibility index (Phi) is 28.3. The van der Waals surface area contributed by atoms with E-state index in [1.54, 1.807) is 0 Å². The molecule has 0 atom stereocenters. The van der Waals surface area contributed by atoms with Crippen molar-refractivity contribution in [1.29, 1.82) is 0 Å². The second kappa shape index (κ2) is 28.6. The Hall–Kier alpha value is -0.480. The van der Waals surface area contributed by atoms with Crippen molar-refractivity contribution in [3.8, 4) is 0 Å². The summed E-state index contributed by atoms with van der Waals surface area (Å²) in [4.78, 5) is 15.1. The first kappa shape index (κ1) is 39.5. The SMILES string of the molecule is CNCCN(CCNCCN)CCN(CCNC)CCN(CCN(C)CCN)CCN(CCNC)CCN(C)C.